The number of halogens is 1. The van der Waals surface area contributed by atoms with Gasteiger partial charge in [0.25, 0.3) is 5.69 Å². The molecule has 3 aromatic rings. The Morgan fingerprint density at radius 1 is 1.21 bits per heavy atom. The van der Waals surface area contributed by atoms with E-state index in [1.165, 1.54) is 18.2 Å². The molecule has 0 aliphatic carbocycles. The van der Waals surface area contributed by atoms with Crippen molar-refractivity contribution in [3.63, 3.8) is 0 Å². The van der Waals surface area contributed by atoms with E-state index >= 15 is 0 Å². The number of aryl methyl sites for hydroxylation is 1. The van der Waals surface area contributed by atoms with Gasteiger partial charge in [0.15, 0.2) is 5.13 Å². The van der Waals surface area contributed by atoms with E-state index in [0.717, 1.165) is 64.2 Å². The van der Waals surface area contributed by atoms with E-state index in [9.17, 15) is 14.9 Å². The number of carbonyl (C=O) groups is 1. The number of hydrogen-bond donors (Lipinski definition) is 1. The molecule has 1 aliphatic heterocycles. The minimum absolute atomic E-state index is 0.0272. The van der Waals surface area contributed by atoms with Gasteiger partial charge in [0.05, 0.1) is 15.1 Å². The van der Waals surface area contributed by atoms with Gasteiger partial charge >= 0.3 is 0 Å². The Hall–Kier alpha value is -3.01. The molecule has 1 aliphatic rings. The second-order valence-electron chi connectivity index (χ2n) is 7.82. The van der Waals surface area contributed by atoms with Gasteiger partial charge in [-0.25, -0.2) is 4.98 Å². The molecule has 0 spiro atoms. The summed E-state index contributed by atoms with van der Waals surface area (Å²) < 4.78 is 1.15. The van der Waals surface area contributed by atoms with Gasteiger partial charge in [0.1, 0.15) is 0 Å². The summed E-state index contributed by atoms with van der Waals surface area (Å²) >= 11 is 7.92. The van der Waals surface area contributed by atoms with Crippen LogP contribution < -0.4 is 10.2 Å². The first-order chi connectivity index (χ1) is 15.9. The number of nitro benzene ring substituents is 1. The Kier molecular flexibility index (Phi) is 7.22. The zero-order valence-electron chi connectivity index (χ0n) is 18.2. The third-order valence-corrected chi connectivity index (χ3v) is 7.13. The number of amides is 1. The van der Waals surface area contributed by atoms with Crippen molar-refractivity contribution in [1.29, 1.82) is 0 Å². The highest BCUT2D eigenvalue weighted by Gasteiger charge is 2.20. The summed E-state index contributed by atoms with van der Waals surface area (Å²) in [5.41, 5.74) is 2.77. The van der Waals surface area contributed by atoms with Crippen molar-refractivity contribution in [2.45, 2.75) is 6.92 Å². The summed E-state index contributed by atoms with van der Waals surface area (Å²) in [6.07, 6.45) is 3.09. The highest BCUT2D eigenvalue weighted by Crippen LogP contribution is 2.33. The molecule has 2 aromatic carbocycles. The quantitative estimate of drug-likeness (QED) is 0.307. The molecular formula is C23H24ClN5O3S. The molecule has 33 heavy (non-hydrogen) atoms. The lowest BCUT2D eigenvalue weighted by atomic mass is 10.2. The second-order valence-corrected chi connectivity index (χ2v) is 9.23. The van der Waals surface area contributed by atoms with E-state index < -0.39 is 4.92 Å². The van der Waals surface area contributed by atoms with Gasteiger partial charge in [-0.2, -0.15) is 0 Å². The van der Waals surface area contributed by atoms with E-state index in [0.29, 0.717) is 6.54 Å². The maximum Gasteiger partial charge on any atom is 0.269 e. The van der Waals surface area contributed by atoms with E-state index in [4.69, 9.17) is 16.6 Å². The van der Waals surface area contributed by atoms with Crippen LogP contribution in [0.1, 0.15) is 11.1 Å². The number of carbonyl (C=O) groups excluding carboxylic acids is 1. The van der Waals surface area contributed by atoms with Gasteiger partial charge < -0.3 is 10.2 Å². The number of piperazine rings is 1. The predicted molar refractivity (Wildman–Crippen MR) is 133 cm³/mol. The number of hydrogen-bond acceptors (Lipinski definition) is 7. The summed E-state index contributed by atoms with van der Waals surface area (Å²) in [4.78, 5) is 31.7. The Morgan fingerprint density at radius 3 is 2.64 bits per heavy atom. The number of anilines is 1. The van der Waals surface area contributed by atoms with Gasteiger partial charge in [0, 0.05) is 62.5 Å². The lowest BCUT2D eigenvalue weighted by Crippen LogP contribution is -2.48. The van der Waals surface area contributed by atoms with Crippen LogP contribution in [-0.2, 0) is 4.79 Å². The van der Waals surface area contributed by atoms with Crippen molar-refractivity contribution < 1.29 is 9.72 Å². The number of nitrogens with one attached hydrogen (secondary N) is 1. The van der Waals surface area contributed by atoms with Crippen molar-refractivity contribution in [1.82, 2.24) is 15.2 Å². The van der Waals surface area contributed by atoms with Gasteiger partial charge in [-0.15, -0.1) is 0 Å². The Morgan fingerprint density at radius 2 is 1.94 bits per heavy atom. The summed E-state index contributed by atoms with van der Waals surface area (Å²) in [5.74, 6) is -0.185. The van der Waals surface area contributed by atoms with Crippen molar-refractivity contribution in [2.24, 2.45) is 0 Å². The Bertz CT molecular complexity index is 1190. The molecule has 8 nitrogen and oxygen atoms in total. The van der Waals surface area contributed by atoms with Crippen LogP contribution in [-0.4, -0.2) is 60.0 Å². The molecule has 4 rings (SSSR count). The van der Waals surface area contributed by atoms with Crippen molar-refractivity contribution in [2.75, 3.05) is 44.2 Å². The van der Waals surface area contributed by atoms with Crippen molar-refractivity contribution in [3.05, 3.63) is 68.7 Å². The molecule has 1 N–H and O–H groups in total. The lowest BCUT2D eigenvalue weighted by Gasteiger charge is -2.34. The zero-order chi connectivity index (χ0) is 23.4. The molecule has 10 heteroatoms. The fourth-order valence-corrected chi connectivity index (χ4v) is 4.89. The first kappa shape index (κ1) is 23.2. The Balaban J connectivity index is 1.21. The van der Waals surface area contributed by atoms with Crippen LogP contribution in [0.2, 0.25) is 5.02 Å². The molecular weight excluding hydrogens is 462 g/mol. The summed E-state index contributed by atoms with van der Waals surface area (Å²) in [6, 6.07) is 10.0. The number of aromatic nitrogens is 1. The maximum atomic E-state index is 12.1. The minimum atomic E-state index is -0.448. The third kappa shape index (κ3) is 5.68. The first-order valence-corrected chi connectivity index (χ1v) is 11.8. The smallest absolute Gasteiger partial charge is 0.269 e. The standard InChI is InChI=1S/C23H24ClN5O3S/c1-16-19(24)7-8-20-22(16)26-23(33-20)28-14-12-27(13-15-28)11-10-25-21(30)9-4-17-2-5-18(6-3-17)29(31)32/h2-9H,10-15H2,1H3,(H,25,30)/b9-4-. The van der Waals surface area contributed by atoms with E-state index in [1.807, 2.05) is 19.1 Å². The Labute approximate surface area is 200 Å². The van der Waals surface area contributed by atoms with Crippen molar-refractivity contribution >= 4 is 56.0 Å². The predicted octanol–water partition coefficient (Wildman–Crippen LogP) is 4.12. The van der Waals surface area contributed by atoms with Crippen LogP contribution in [0, 0.1) is 17.0 Å². The molecule has 1 fully saturated rings. The largest absolute Gasteiger partial charge is 0.351 e. The summed E-state index contributed by atoms with van der Waals surface area (Å²) in [6.45, 7) is 6.93. The lowest BCUT2D eigenvalue weighted by molar-refractivity contribution is -0.384. The molecule has 0 atom stereocenters. The number of thiazole rings is 1. The first-order valence-electron chi connectivity index (χ1n) is 10.6. The summed E-state index contributed by atoms with van der Waals surface area (Å²) in [5, 5.41) is 15.3. The molecule has 172 valence electrons. The van der Waals surface area contributed by atoms with Crippen LogP contribution in [0.4, 0.5) is 10.8 Å². The van der Waals surface area contributed by atoms with Crippen LogP contribution in [0.15, 0.2) is 42.5 Å². The number of benzene rings is 2. The molecule has 0 unspecified atom stereocenters. The van der Waals surface area contributed by atoms with Gasteiger partial charge in [-0.1, -0.05) is 22.9 Å². The molecule has 0 saturated carbocycles. The molecule has 2 heterocycles. The number of non-ortho nitro benzene ring substituents is 1. The topological polar surface area (TPSA) is 91.6 Å². The minimum Gasteiger partial charge on any atom is -0.351 e. The van der Waals surface area contributed by atoms with Crippen LogP contribution in [0.3, 0.4) is 0 Å². The van der Waals surface area contributed by atoms with Gasteiger partial charge in [-0.05, 0) is 48.4 Å². The SMILES string of the molecule is Cc1c(Cl)ccc2sc(N3CCN(CCNC(=O)/C=C\c4ccc([N+](=O)[O-])cc4)CC3)nc12. The molecule has 0 bridgehead atoms. The number of nitrogens with zero attached hydrogens (tertiary/aromatic N) is 4. The van der Waals surface area contributed by atoms with E-state index in [2.05, 4.69) is 15.1 Å². The number of nitro groups is 1. The van der Waals surface area contributed by atoms with Crippen LogP contribution in [0.25, 0.3) is 16.3 Å². The average Bonchev–Trinajstić information content (AvgIpc) is 3.26. The van der Waals surface area contributed by atoms with Crippen LogP contribution in [0.5, 0.6) is 0 Å². The monoisotopic (exact) mass is 485 g/mol. The van der Waals surface area contributed by atoms with E-state index in [-0.39, 0.29) is 11.6 Å². The fourth-order valence-electron chi connectivity index (χ4n) is 3.66. The highest BCUT2D eigenvalue weighted by atomic mass is 35.5. The maximum absolute atomic E-state index is 12.1. The van der Waals surface area contributed by atoms with E-state index in [1.54, 1.807) is 29.5 Å². The second kappa shape index (κ2) is 10.3. The average molecular weight is 486 g/mol. The normalized spacial score (nSPS) is 14.8. The number of fused-ring (bicyclic) bond motifs is 1. The number of rotatable bonds is 7. The molecule has 1 aromatic heterocycles. The highest BCUT2D eigenvalue weighted by molar-refractivity contribution is 7.22. The van der Waals surface area contributed by atoms with Gasteiger partial charge in [0.2, 0.25) is 5.91 Å². The van der Waals surface area contributed by atoms with Gasteiger partial charge in [-0.3, -0.25) is 19.8 Å². The molecule has 0 radical (unpaired) electrons. The molecule has 1 saturated heterocycles. The third-order valence-electron chi connectivity index (χ3n) is 5.64. The summed E-state index contributed by atoms with van der Waals surface area (Å²) in [7, 11) is 0. The van der Waals surface area contributed by atoms with Crippen LogP contribution >= 0.6 is 22.9 Å². The molecule has 1 amide bonds. The fraction of sp³-hybridized carbons (Fsp3) is 0.304. The zero-order valence-corrected chi connectivity index (χ0v) is 19.7. The van der Waals surface area contributed by atoms with Crippen molar-refractivity contribution in [3.8, 4) is 0 Å².